The molecule has 0 saturated carbocycles. The number of ether oxygens (including phenoxy) is 1. The second kappa shape index (κ2) is 12.4. The van der Waals surface area contributed by atoms with Gasteiger partial charge in [0.15, 0.2) is 0 Å². The lowest BCUT2D eigenvalue weighted by atomic mass is 9.96. The predicted octanol–water partition coefficient (Wildman–Crippen LogP) is 6.45. The van der Waals surface area contributed by atoms with Crippen molar-refractivity contribution in [3.63, 3.8) is 0 Å². The van der Waals surface area contributed by atoms with Crippen LogP contribution in [0.5, 0.6) is 11.6 Å². The molecule has 0 spiro atoms. The van der Waals surface area contributed by atoms with E-state index in [2.05, 4.69) is 20.6 Å². The Labute approximate surface area is 244 Å². The Hall–Kier alpha value is -4.69. The maximum absolute atomic E-state index is 14.1. The smallest absolute Gasteiger partial charge is 0.228 e. The molecule has 3 heterocycles. The Kier molecular flexibility index (Phi) is 8.14. The molecule has 6 rings (SSSR count). The Morgan fingerprint density at radius 1 is 0.952 bits per heavy atom. The monoisotopic (exact) mass is 561 g/mol. The highest BCUT2D eigenvalue weighted by Gasteiger charge is 2.18. The number of piperidine rings is 1. The number of benzene rings is 3. The van der Waals surface area contributed by atoms with E-state index < -0.39 is 0 Å². The van der Waals surface area contributed by atoms with Crippen LogP contribution in [0.4, 0.5) is 10.3 Å². The van der Waals surface area contributed by atoms with Gasteiger partial charge in [0.2, 0.25) is 11.8 Å². The van der Waals surface area contributed by atoms with Crippen LogP contribution in [0.25, 0.3) is 22.0 Å². The summed E-state index contributed by atoms with van der Waals surface area (Å²) in [4.78, 5) is 26.7. The van der Waals surface area contributed by atoms with Gasteiger partial charge in [-0.2, -0.15) is 0 Å². The Balaban J connectivity index is 1.28. The molecule has 212 valence electrons. The summed E-state index contributed by atoms with van der Waals surface area (Å²) < 4.78 is 20.7. The maximum Gasteiger partial charge on any atom is 0.228 e. The van der Waals surface area contributed by atoms with E-state index in [0.717, 1.165) is 53.4 Å². The molecule has 0 unspecified atom stereocenters. The summed E-state index contributed by atoms with van der Waals surface area (Å²) >= 11 is 0. The largest absolute Gasteiger partial charge is 0.437 e. The number of rotatable bonds is 9. The van der Waals surface area contributed by atoms with Crippen molar-refractivity contribution >= 4 is 22.5 Å². The molecule has 3 aromatic carbocycles. The molecule has 2 N–H and O–H groups in total. The zero-order valence-corrected chi connectivity index (χ0v) is 23.4. The Morgan fingerprint density at radius 2 is 1.81 bits per heavy atom. The third-order valence-electron chi connectivity index (χ3n) is 7.56. The normalized spacial score (nSPS) is 15.0. The van der Waals surface area contributed by atoms with Gasteiger partial charge in [-0.05, 0) is 72.7 Å². The number of nitrogens with zero attached hydrogens (tertiary/aromatic N) is 3. The first-order valence-corrected chi connectivity index (χ1v) is 14.2. The lowest BCUT2D eigenvalue weighted by Gasteiger charge is -2.23. The summed E-state index contributed by atoms with van der Waals surface area (Å²) in [6.07, 6.45) is 5.85. The second-order valence-corrected chi connectivity index (χ2v) is 10.6. The zero-order valence-electron chi connectivity index (χ0n) is 23.4. The van der Waals surface area contributed by atoms with Crippen molar-refractivity contribution in [2.24, 2.45) is 0 Å². The van der Waals surface area contributed by atoms with Crippen molar-refractivity contribution in [1.29, 1.82) is 0 Å². The first-order valence-electron chi connectivity index (χ1n) is 14.2. The molecule has 5 aromatic rings. The summed E-state index contributed by atoms with van der Waals surface area (Å²) in [5.74, 6) is 1.25. The highest BCUT2D eigenvalue weighted by Crippen LogP contribution is 2.37. The number of nitrogens with one attached hydrogen (secondary N) is 2. The highest BCUT2D eigenvalue weighted by atomic mass is 19.1. The Morgan fingerprint density at radius 3 is 2.67 bits per heavy atom. The van der Waals surface area contributed by atoms with E-state index in [0.29, 0.717) is 28.8 Å². The minimum Gasteiger partial charge on any atom is -0.437 e. The first kappa shape index (κ1) is 27.5. The van der Waals surface area contributed by atoms with Crippen LogP contribution in [-0.2, 0) is 17.6 Å². The summed E-state index contributed by atoms with van der Waals surface area (Å²) in [7, 11) is 0. The van der Waals surface area contributed by atoms with E-state index in [1.165, 1.54) is 6.07 Å². The molecule has 0 amide bonds. The summed E-state index contributed by atoms with van der Waals surface area (Å²) in [6.45, 7) is 3.90. The standard InChI is InChI=1S/C34H32FN5O2/c1-22-13-14-27-23(19-26(41)20-24-7-2-3-12-30(24)35)8-4-10-28(27)32(22)42-33-29(11-6-17-37-33)31-15-18-38-34(40-31)39-25-9-5-16-36-21-25/h2-4,6-8,10-15,17-18,25,36H,5,9,16,19-21H2,1H3,(H,38,39,40)/t25-/m0/s1. The van der Waals surface area contributed by atoms with Crippen molar-refractivity contribution in [2.45, 2.75) is 38.6 Å². The number of hydrogen-bond acceptors (Lipinski definition) is 7. The average molecular weight is 562 g/mol. The van der Waals surface area contributed by atoms with E-state index in [1.807, 2.05) is 55.5 Å². The molecule has 1 saturated heterocycles. The molecule has 1 aliphatic rings. The van der Waals surface area contributed by atoms with Crippen LogP contribution >= 0.6 is 0 Å². The van der Waals surface area contributed by atoms with Crippen molar-refractivity contribution in [3.8, 4) is 22.9 Å². The van der Waals surface area contributed by atoms with Gasteiger partial charge >= 0.3 is 0 Å². The van der Waals surface area contributed by atoms with Gasteiger partial charge < -0.3 is 15.4 Å². The fourth-order valence-corrected chi connectivity index (χ4v) is 5.42. The number of aryl methyl sites for hydroxylation is 1. The molecule has 0 radical (unpaired) electrons. The molecule has 1 atom stereocenters. The first-order chi connectivity index (χ1) is 20.5. The van der Waals surface area contributed by atoms with Crippen LogP contribution in [0.1, 0.15) is 29.5 Å². The molecule has 2 aromatic heterocycles. The quantitative estimate of drug-likeness (QED) is 0.214. The van der Waals surface area contributed by atoms with Crippen molar-refractivity contribution < 1.29 is 13.9 Å². The minimum absolute atomic E-state index is 0.0443. The molecule has 42 heavy (non-hydrogen) atoms. The number of hydrogen-bond donors (Lipinski definition) is 2. The van der Waals surface area contributed by atoms with E-state index in [1.54, 1.807) is 30.6 Å². The van der Waals surface area contributed by atoms with Gasteiger partial charge in [0.25, 0.3) is 0 Å². The summed E-state index contributed by atoms with van der Waals surface area (Å²) in [6, 6.07) is 22.2. The van der Waals surface area contributed by atoms with E-state index in [9.17, 15) is 9.18 Å². The number of Topliss-reactive ketones (excluding diaryl/α,β-unsaturated/α-hetero) is 1. The van der Waals surface area contributed by atoms with Gasteiger partial charge in [-0.1, -0.05) is 48.5 Å². The van der Waals surface area contributed by atoms with Gasteiger partial charge in [-0.25, -0.2) is 19.3 Å². The highest BCUT2D eigenvalue weighted by molar-refractivity contribution is 5.95. The van der Waals surface area contributed by atoms with Gasteiger partial charge in [-0.3, -0.25) is 4.79 Å². The molecule has 7 nitrogen and oxygen atoms in total. The Bertz CT molecular complexity index is 1740. The van der Waals surface area contributed by atoms with Crippen LogP contribution < -0.4 is 15.4 Å². The lowest BCUT2D eigenvalue weighted by Crippen LogP contribution is -2.38. The van der Waals surface area contributed by atoms with Crippen LogP contribution in [0.2, 0.25) is 0 Å². The van der Waals surface area contributed by atoms with E-state index in [-0.39, 0.29) is 30.5 Å². The topological polar surface area (TPSA) is 89.0 Å². The lowest BCUT2D eigenvalue weighted by molar-refractivity contribution is -0.117. The molecular formula is C34H32FN5O2. The number of aromatic nitrogens is 3. The van der Waals surface area contributed by atoms with Gasteiger partial charge in [-0.15, -0.1) is 0 Å². The van der Waals surface area contributed by atoms with Gasteiger partial charge in [0, 0.05) is 43.2 Å². The third-order valence-corrected chi connectivity index (χ3v) is 7.56. The molecule has 8 heteroatoms. The predicted molar refractivity (Wildman–Crippen MR) is 162 cm³/mol. The molecule has 1 fully saturated rings. The minimum atomic E-state index is -0.362. The zero-order chi connectivity index (χ0) is 28.9. The number of fused-ring (bicyclic) bond motifs is 1. The molecule has 0 bridgehead atoms. The number of anilines is 1. The van der Waals surface area contributed by atoms with Gasteiger partial charge in [0.05, 0.1) is 11.3 Å². The molecule has 0 aliphatic carbocycles. The number of halogens is 1. The fraction of sp³-hybridized carbons (Fsp3) is 0.235. The number of ketones is 1. The molecule has 1 aliphatic heterocycles. The van der Waals surface area contributed by atoms with Crippen LogP contribution in [0.15, 0.2) is 85.2 Å². The van der Waals surface area contributed by atoms with Crippen molar-refractivity contribution in [1.82, 2.24) is 20.3 Å². The van der Waals surface area contributed by atoms with E-state index >= 15 is 0 Å². The fourth-order valence-electron chi connectivity index (χ4n) is 5.42. The SMILES string of the molecule is Cc1ccc2c(CC(=O)Cc3ccccc3F)cccc2c1Oc1ncccc1-c1ccnc(N[C@H]2CCCNC2)n1. The number of pyridine rings is 1. The van der Waals surface area contributed by atoms with Crippen LogP contribution in [0.3, 0.4) is 0 Å². The van der Waals surface area contributed by atoms with Crippen molar-refractivity contribution in [2.75, 3.05) is 18.4 Å². The number of carbonyl (C=O) groups excluding carboxylic acids is 1. The second-order valence-electron chi connectivity index (χ2n) is 10.6. The van der Waals surface area contributed by atoms with Crippen LogP contribution in [0, 0.1) is 12.7 Å². The van der Waals surface area contributed by atoms with Gasteiger partial charge in [0.1, 0.15) is 17.3 Å². The number of carbonyl (C=O) groups is 1. The van der Waals surface area contributed by atoms with Crippen LogP contribution in [-0.4, -0.2) is 39.9 Å². The van der Waals surface area contributed by atoms with Crippen molar-refractivity contribution in [3.05, 3.63) is 108 Å². The molecular weight excluding hydrogens is 529 g/mol. The average Bonchev–Trinajstić information content (AvgIpc) is 3.01. The summed E-state index contributed by atoms with van der Waals surface area (Å²) in [5.41, 5.74) is 3.66. The third kappa shape index (κ3) is 6.14. The summed E-state index contributed by atoms with van der Waals surface area (Å²) in [5, 5.41) is 8.62. The maximum atomic E-state index is 14.1. The van der Waals surface area contributed by atoms with E-state index in [4.69, 9.17) is 9.72 Å².